The molecule has 2 saturated heterocycles. The summed E-state index contributed by atoms with van der Waals surface area (Å²) in [6.07, 6.45) is 3.06. The van der Waals surface area contributed by atoms with Crippen LogP contribution in [0.15, 0.2) is 72.8 Å². The fraction of sp³-hybridized carbons (Fsp3) is 0.419. The van der Waals surface area contributed by atoms with Gasteiger partial charge in [0.15, 0.2) is 6.29 Å². The van der Waals surface area contributed by atoms with Gasteiger partial charge in [0.2, 0.25) is 0 Å². The molecule has 0 bridgehead atoms. The molecule has 2 heterocycles. The highest BCUT2D eigenvalue weighted by molar-refractivity contribution is 6.33. The maximum Gasteiger partial charge on any atom is 0.157 e. The Hall–Kier alpha value is -2.64. The highest BCUT2D eigenvalue weighted by Crippen LogP contribution is 2.38. The van der Waals surface area contributed by atoms with Gasteiger partial charge in [0.1, 0.15) is 18.2 Å². The number of hydrogen-bond donors (Lipinski definition) is 0. The van der Waals surface area contributed by atoms with Crippen LogP contribution in [-0.2, 0) is 16.0 Å². The lowest BCUT2D eigenvalue weighted by Crippen LogP contribution is -2.53. The monoisotopic (exact) mass is 538 g/mol. The number of hydrogen-bond acceptors (Lipinski definition) is 5. The lowest BCUT2D eigenvalue weighted by Gasteiger charge is -2.47. The van der Waals surface area contributed by atoms with Crippen molar-refractivity contribution in [2.75, 3.05) is 37.8 Å². The highest BCUT2D eigenvalue weighted by atomic mass is 35.5. The van der Waals surface area contributed by atoms with Crippen molar-refractivity contribution in [1.29, 1.82) is 0 Å². The molecule has 0 radical (unpaired) electrons. The van der Waals surface area contributed by atoms with Gasteiger partial charge in [0.25, 0.3) is 0 Å². The molecule has 2 unspecified atom stereocenters. The van der Waals surface area contributed by atoms with Crippen LogP contribution in [0.5, 0.6) is 5.75 Å². The van der Waals surface area contributed by atoms with E-state index < -0.39 is 0 Å². The summed E-state index contributed by atoms with van der Waals surface area (Å²) in [7, 11) is 0. The molecule has 5 rings (SSSR count). The normalized spacial score (nSPS) is 22.4. The number of halogens is 2. The number of piperazine rings is 1. The highest BCUT2D eigenvalue weighted by Gasteiger charge is 2.33. The Morgan fingerprint density at radius 1 is 0.974 bits per heavy atom. The van der Waals surface area contributed by atoms with Gasteiger partial charge in [0.05, 0.1) is 23.4 Å². The molecule has 7 heteroatoms. The van der Waals surface area contributed by atoms with Gasteiger partial charge >= 0.3 is 0 Å². The van der Waals surface area contributed by atoms with Crippen molar-refractivity contribution in [2.45, 2.75) is 51.1 Å². The van der Waals surface area contributed by atoms with Gasteiger partial charge in [-0.25, -0.2) is 4.39 Å². The van der Waals surface area contributed by atoms with E-state index in [9.17, 15) is 4.39 Å². The smallest absolute Gasteiger partial charge is 0.157 e. The Morgan fingerprint density at radius 2 is 1.79 bits per heavy atom. The van der Waals surface area contributed by atoms with Gasteiger partial charge in [-0.3, -0.25) is 4.90 Å². The number of anilines is 1. The Balaban J connectivity index is 1.29. The molecule has 0 amide bonds. The third kappa shape index (κ3) is 6.86. The van der Waals surface area contributed by atoms with E-state index in [-0.39, 0.29) is 18.1 Å². The van der Waals surface area contributed by atoms with Crippen LogP contribution < -0.4 is 9.64 Å². The average molecular weight is 539 g/mol. The zero-order chi connectivity index (χ0) is 26.3. The van der Waals surface area contributed by atoms with Crippen LogP contribution in [0.25, 0.3) is 0 Å². The van der Waals surface area contributed by atoms with E-state index in [4.69, 9.17) is 25.8 Å². The maximum atomic E-state index is 13.8. The summed E-state index contributed by atoms with van der Waals surface area (Å²) in [5.41, 5.74) is 3.30. The third-order valence-corrected chi connectivity index (χ3v) is 7.68. The van der Waals surface area contributed by atoms with E-state index in [1.165, 1.54) is 17.7 Å². The van der Waals surface area contributed by atoms with Crippen molar-refractivity contribution in [2.24, 2.45) is 0 Å². The van der Waals surface area contributed by atoms with E-state index >= 15 is 0 Å². The van der Waals surface area contributed by atoms with Gasteiger partial charge in [-0.05, 0) is 61.6 Å². The van der Waals surface area contributed by atoms with Crippen molar-refractivity contribution in [3.05, 3.63) is 94.8 Å². The number of nitrogens with zero attached hydrogens (tertiary/aromatic N) is 2. The summed E-state index contributed by atoms with van der Waals surface area (Å²) < 4.78 is 31.1. The fourth-order valence-corrected chi connectivity index (χ4v) is 5.57. The first-order valence-corrected chi connectivity index (χ1v) is 13.9. The average Bonchev–Trinajstić information content (AvgIpc) is 2.94. The molecule has 0 N–H and O–H groups in total. The van der Waals surface area contributed by atoms with Crippen molar-refractivity contribution in [3.63, 3.8) is 0 Å². The van der Waals surface area contributed by atoms with Gasteiger partial charge in [-0.15, -0.1) is 0 Å². The Morgan fingerprint density at radius 3 is 2.53 bits per heavy atom. The minimum Gasteiger partial charge on any atom is -0.491 e. The first-order valence-electron chi connectivity index (χ1n) is 13.5. The molecular weight excluding hydrogens is 503 g/mol. The number of ether oxygens (including phenoxy) is 3. The van der Waals surface area contributed by atoms with Crippen molar-refractivity contribution in [3.8, 4) is 5.75 Å². The van der Waals surface area contributed by atoms with Crippen LogP contribution >= 0.6 is 11.6 Å². The lowest BCUT2D eigenvalue weighted by molar-refractivity contribution is -0.165. The molecule has 0 saturated carbocycles. The second-order valence-electron chi connectivity index (χ2n) is 10.1. The Kier molecular flexibility index (Phi) is 9.18. The predicted molar refractivity (Wildman–Crippen MR) is 149 cm³/mol. The standard InChI is InChI=1S/C31H36ClFN2O3/c1-23-20-35(29-15-14-27(19-28(29)32)36-17-18-38-31-9-5-6-16-37-31)30(25-10-12-26(33)13-11-25)22-34(23)21-24-7-3-2-4-8-24/h2-4,7-8,10-15,19,23,30-31H,5-6,9,16-18,20-22H2,1H3/t23-,30?,31?/m1/s1. The first-order chi connectivity index (χ1) is 18.6. The van der Waals surface area contributed by atoms with Crippen molar-refractivity contribution >= 4 is 17.3 Å². The molecule has 202 valence electrons. The van der Waals surface area contributed by atoms with Crippen LogP contribution in [0.4, 0.5) is 10.1 Å². The number of rotatable bonds is 9. The predicted octanol–water partition coefficient (Wildman–Crippen LogP) is 6.85. The van der Waals surface area contributed by atoms with E-state index in [0.29, 0.717) is 30.0 Å². The van der Waals surface area contributed by atoms with Gasteiger partial charge < -0.3 is 19.1 Å². The number of benzene rings is 3. The molecule has 38 heavy (non-hydrogen) atoms. The quantitative estimate of drug-likeness (QED) is 0.278. The minimum absolute atomic E-state index is 0.0312. The van der Waals surface area contributed by atoms with Crippen molar-refractivity contribution < 1.29 is 18.6 Å². The largest absolute Gasteiger partial charge is 0.491 e. The summed E-state index contributed by atoms with van der Waals surface area (Å²) >= 11 is 6.84. The van der Waals surface area contributed by atoms with E-state index in [0.717, 1.165) is 56.8 Å². The molecule has 2 aliphatic rings. The van der Waals surface area contributed by atoms with Gasteiger partial charge in [-0.2, -0.15) is 0 Å². The Labute approximate surface area is 230 Å². The molecule has 3 aromatic rings. The maximum absolute atomic E-state index is 13.8. The van der Waals surface area contributed by atoms with Gasteiger partial charge in [-0.1, -0.05) is 54.1 Å². The molecule has 0 aliphatic carbocycles. The molecule has 5 nitrogen and oxygen atoms in total. The second-order valence-corrected chi connectivity index (χ2v) is 10.5. The summed E-state index contributed by atoms with van der Waals surface area (Å²) in [6.45, 7) is 6.38. The van der Waals surface area contributed by atoms with Crippen LogP contribution in [0.2, 0.25) is 5.02 Å². The zero-order valence-corrected chi connectivity index (χ0v) is 22.7. The fourth-order valence-electron chi connectivity index (χ4n) is 5.29. The molecule has 0 aromatic heterocycles. The summed E-state index contributed by atoms with van der Waals surface area (Å²) in [6, 6.07) is 23.5. The van der Waals surface area contributed by atoms with Crippen LogP contribution in [0.1, 0.15) is 43.4 Å². The van der Waals surface area contributed by atoms with E-state index in [1.54, 1.807) is 0 Å². The van der Waals surface area contributed by atoms with E-state index in [2.05, 4.69) is 41.0 Å². The zero-order valence-electron chi connectivity index (χ0n) is 21.9. The third-order valence-electron chi connectivity index (χ3n) is 7.37. The van der Waals surface area contributed by atoms with E-state index in [1.807, 2.05) is 36.4 Å². The van der Waals surface area contributed by atoms with Crippen LogP contribution in [-0.4, -0.2) is 50.1 Å². The summed E-state index contributed by atoms with van der Waals surface area (Å²) in [5.74, 6) is 0.477. The first kappa shape index (κ1) is 26.9. The molecule has 2 aliphatic heterocycles. The van der Waals surface area contributed by atoms with Crippen molar-refractivity contribution in [1.82, 2.24) is 4.90 Å². The molecule has 2 fully saturated rings. The molecular formula is C31H36ClFN2O3. The molecule has 3 atom stereocenters. The SMILES string of the molecule is C[C@@H]1CN(c2ccc(OCCOC3CCCCO3)cc2Cl)C(c2ccc(F)cc2)CN1Cc1ccccc1. The Bertz CT molecular complexity index is 1160. The summed E-state index contributed by atoms with van der Waals surface area (Å²) in [4.78, 5) is 4.83. The topological polar surface area (TPSA) is 34.2 Å². The minimum atomic E-state index is -0.232. The lowest BCUT2D eigenvalue weighted by atomic mass is 9.98. The second kappa shape index (κ2) is 12.9. The summed E-state index contributed by atoms with van der Waals surface area (Å²) in [5, 5.41) is 0.634. The van der Waals surface area contributed by atoms with Crippen LogP contribution in [0, 0.1) is 5.82 Å². The molecule has 0 spiro atoms. The molecule has 3 aromatic carbocycles. The van der Waals surface area contributed by atoms with Crippen LogP contribution in [0.3, 0.4) is 0 Å². The van der Waals surface area contributed by atoms with Gasteiger partial charge in [0, 0.05) is 38.3 Å².